The highest BCUT2D eigenvalue weighted by Crippen LogP contribution is 2.22. The van der Waals surface area contributed by atoms with E-state index in [0.29, 0.717) is 17.9 Å². The van der Waals surface area contributed by atoms with Crippen LogP contribution in [-0.4, -0.2) is 11.1 Å². The van der Waals surface area contributed by atoms with Crippen molar-refractivity contribution in [3.63, 3.8) is 0 Å². The quantitative estimate of drug-likeness (QED) is 0.914. The van der Waals surface area contributed by atoms with Crippen molar-refractivity contribution in [2.75, 3.05) is 0 Å². The van der Waals surface area contributed by atoms with E-state index in [-0.39, 0.29) is 6.42 Å². The molecule has 3 nitrogen and oxygen atoms in total. The second-order valence-corrected chi connectivity index (χ2v) is 4.91. The smallest absolute Gasteiger partial charge is 0.307 e. The van der Waals surface area contributed by atoms with Crippen LogP contribution in [0.5, 0.6) is 5.75 Å². The van der Waals surface area contributed by atoms with Gasteiger partial charge in [-0.15, -0.1) is 0 Å². The first-order valence-electron chi connectivity index (χ1n) is 5.82. The van der Waals surface area contributed by atoms with Crippen molar-refractivity contribution in [3.05, 3.63) is 64.1 Å². The van der Waals surface area contributed by atoms with Gasteiger partial charge in [-0.2, -0.15) is 0 Å². The molecule has 2 rings (SSSR count). The molecule has 98 valence electrons. The lowest BCUT2D eigenvalue weighted by molar-refractivity contribution is -0.136. The van der Waals surface area contributed by atoms with Crippen molar-refractivity contribution < 1.29 is 14.6 Å². The summed E-state index contributed by atoms with van der Waals surface area (Å²) in [6.45, 7) is 0.401. The van der Waals surface area contributed by atoms with Crippen molar-refractivity contribution >= 4 is 21.9 Å². The summed E-state index contributed by atoms with van der Waals surface area (Å²) in [7, 11) is 0. The van der Waals surface area contributed by atoms with Crippen molar-refractivity contribution in [1.29, 1.82) is 0 Å². The van der Waals surface area contributed by atoms with Crippen LogP contribution < -0.4 is 4.74 Å². The molecule has 0 saturated heterocycles. The number of carbonyl (C=O) groups is 1. The van der Waals surface area contributed by atoms with Crippen LogP contribution in [0.2, 0.25) is 0 Å². The zero-order valence-corrected chi connectivity index (χ0v) is 11.8. The highest BCUT2D eigenvalue weighted by molar-refractivity contribution is 9.10. The van der Waals surface area contributed by atoms with Crippen molar-refractivity contribution in [2.24, 2.45) is 0 Å². The van der Waals surface area contributed by atoms with Crippen LogP contribution in [0.3, 0.4) is 0 Å². The van der Waals surface area contributed by atoms with E-state index in [9.17, 15) is 4.79 Å². The predicted molar refractivity (Wildman–Crippen MR) is 76.3 cm³/mol. The van der Waals surface area contributed by atoms with E-state index >= 15 is 0 Å². The Labute approximate surface area is 120 Å². The minimum Gasteiger partial charge on any atom is -0.489 e. The molecule has 0 atom stereocenters. The topological polar surface area (TPSA) is 46.5 Å². The molecule has 0 spiro atoms. The number of para-hydroxylation sites is 1. The summed E-state index contributed by atoms with van der Waals surface area (Å²) >= 11 is 3.45. The van der Waals surface area contributed by atoms with Gasteiger partial charge in [0.15, 0.2) is 0 Å². The van der Waals surface area contributed by atoms with Gasteiger partial charge in [0.05, 0.1) is 6.42 Å². The maximum atomic E-state index is 10.8. The molecule has 0 amide bonds. The van der Waals surface area contributed by atoms with E-state index in [1.165, 1.54) is 0 Å². The van der Waals surface area contributed by atoms with E-state index in [2.05, 4.69) is 15.9 Å². The first-order chi connectivity index (χ1) is 9.16. The fourth-order valence-electron chi connectivity index (χ4n) is 1.72. The van der Waals surface area contributed by atoms with Crippen LogP contribution in [0.15, 0.2) is 53.0 Å². The Morgan fingerprint density at radius 3 is 2.37 bits per heavy atom. The zero-order valence-electron chi connectivity index (χ0n) is 10.2. The molecule has 0 unspecified atom stereocenters. The predicted octanol–water partition coefficient (Wildman–Crippen LogP) is 3.66. The Hall–Kier alpha value is -1.81. The van der Waals surface area contributed by atoms with Crippen LogP contribution in [0.4, 0.5) is 0 Å². The van der Waals surface area contributed by atoms with E-state index in [1.807, 2.05) is 36.4 Å². The van der Waals surface area contributed by atoms with Crippen molar-refractivity contribution in [2.45, 2.75) is 13.0 Å². The molecule has 19 heavy (non-hydrogen) atoms. The van der Waals surface area contributed by atoms with Crippen LogP contribution in [-0.2, 0) is 17.8 Å². The van der Waals surface area contributed by atoms with Crippen LogP contribution in [0.25, 0.3) is 0 Å². The SMILES string of the molecule is O=C(O)Cc1ccccc1OCc1ccccc1Br. The lowest BCUT2D eigenvalue weighted by Crippen LogP contribution is -2.04. The van der Waals surface area contributed by atoms with Gasteiger partial charge < -0.3 is 9.84 Å². The molecule has 0 aliphatic rings. The summed E-state index contributed by atoms with van der Waals surface area (Å²) in [6, 6.07) is 15.0. The third kappa shape index (κ3) is 3.83. The molecule has 0 aliphatic carbocycles. The van der Waals surface area contributed by atoms with Crippen molar-refractivity contribution in [3.8, 4) is 5.75 Å². The molecule has 4 heteroatoms. The van der Waals surface area contributed by atoms with Gasteiger partial charge in [0, 0.05) is 15.6 Å². The highest BCUT2D eigenvalue weighted by atomic mass is 79.9. The maximum absolute atomic E-state index is 10.8. The minimum atomic E-state index is -0.864. The highest BCUT2D eigenvalue weighted by Gasteiger charge is 2.08. The van der Waals surface area contributed by atoms with Gasteiger partial charge in [0.25, 0.3) is 0 Å². The third-order valence-corrected chi connectivity index (χ3v) is 3.43. The van der Waals surface area contributed by atoms with E-state index in [4.69, 9.17) is 9.84 Å². The standard InChI is InChI=1S/C15H13BrO3/c16-13-7-3-1-6-12(13)10-19-14-8-4-2-5-11(14)9-15(17)18/h1-8H,9-10H2,(H,17,18). The van der Waals surface area contributed by atoms with Crippen LogP contribution >= 0.6 is 15.9 Å². The number of carboxylic acids is 1. The number of hydrogen-bond acceptors (Lipinski definition) is 2. The molecule has 0 radical (unpaired) electrons. The van der Waals surface area contributed by atoms with Gasteiger partial charge >= 0.3 is 5.97 Å². The average molecular weight is 321 g/mol. The van der Waals surface area contributed by atoms with Gasteiger partial charge in [-0.3, -0.25) is 4.79 Å². The molecule has 0 heterocycles. The Kier molecular flexibility index (Phi) is 4.58. The number of halogens is 1. The average Bonchev–Trinajstić information content (AvgIpc) is 2.39. The molecule has 1 N–H and O–H groups in total. The summed E-state index contributed by atoms with van der Waals surface area (Å²) in [5, 5.41) is 8.86. The summed E-state index contributed by atoms with van der Waals surface area (Å²) in [4.78, 5) is 10.8. The number of rotatable bonds is 5. The normalized spacial score (nSPS) is 10.2. The molecule has 0 bridgehead atoms. The first-order valence-corrected chi connectivity index (χ1v) is 6.62. The van der Waals surface area contributed by atoms with E-state index in [0.717, 1.165) is 10.0 Å². The molecule has 2 aromatic carbocycles. The molecule has 0 fully saturated rings. The fourth-order valence-corrected chi connectivity index (χ4v) is 2.12. The van der Waals surface area contributed by atoms with Gasteiger partial charge in [-0.1, -0.05) is 52.3 Å². The third-order valence-electron chi connectivity index (χ3n) is 2.66. The molecule has 0 aromatic heterocycles. The molecular formula is C15H13BrO3. The lowest BCUT2D eigenvalue weighted by atomic mass is 10.1. The Bertz CT molecular complexity index is 581. The largest absolute Gasteiger partial charge is 0.489 e. The zero-order chi connectivity index (χ0) is 13.7. The lowest BCUT2D eigenvalue weighted by Gasteiger charge is -2.11. The molecular weight excluding hydrogens is 308 g/mol. The van der Waals surface area contributed by atoms with Crippen LogP contribution in [0, 0.1) is 0 Å². The number of aliphatic carboxylic acids is 1. The van der Waals surface area contributed by atoms with Crippen molar-refractivity contribution in [1.82, 2.24) is 0 Å². The molecule has 2 aromatic rings. The number of benzene rings is 2. The number of ether oxygens (including phenoxy) is 1. The van der Waals surface area contributed by atoms with E-state index < -0.39 is 5.97 Å². The van der Waals surface area contributed by atoms with Gasteiger partial charge in [0.2, 0.25) is 0 Å². The van der Waals surface area contributed by atoms with E-state index in [1.54, 1.807) is 12.1 Å². The summed E-state index contributed by atoms with van der Waals surface area (Å²) in [5.74, 6) is -0.252. The number of hydrogen-bond donors (Lipinski definition) is 1. The Morgan fingerprint density at radius 2 is 1.68 bits per heavy atom. The van der Waals surface area contributed by atoms with Gasteiger partial charge in [-0.05, 0) is 12.1 Å². The monoisotopic (exact) mass is 320 g/mol. The summed E-state index contributed by atoms with van der Waals surface area (Å²) < 4.78 is 6.69. The fraction of sp³-hybridized carbons (Fsp3) is 0.133. The maximum Gasteiger partial charge on any atom is 0.307 e. The molecule has 0 saturated carbocycles. The second kappa shape index (κ2) is 6.38. The second-order valence-electron chi connectivity index (χ2n) is 4.06. The van der Waals surface area contributed by atoms with Gasteiger partial charge in [0.1, 0.15) is 12.4 Å². The first kappa shape index (κ1) is 13.6. The number of carboxylic acid groups (broad SMARTS) is 1. The van der Waals surface area contributed by atoms with Crippen LogP contribution in [0.1, 0.15) is 11.1 Å². The summed E-state index contributed by atoms with van der Waals surface area (Å²) in [6.07, 6.45) is -0.0356. The Morgan fingerprint density at radius 1 is 1.05 bits per heavy atom. The minimum absolute atomic E-state index is 0.0356. The Balaban J connectivity index is 2.11. The summed E-state index contributed by atoms with van der Waals surface area (Å²) in [5.41, 5.74) is 1.70. The van der Waals surface area contributed by atoms with Gasteiger partial charge in [-0.25, -0.2) is 0 Å². The molecule has 0 aliphatic heterocycles.